The lowest BCUT2D eigenvalue weighted by Crippen LogP contribution is -1.98. The van der Waals surface area contributed by atoms with Gasteiger partial charge >= 0.3 is 0 Å². The van der Waals surface area contributed by atoms with E-state index in [1.807, 2.05) is 6.07 Å². The van der Waals surface area contributed by atoms with E-state index in [4.69, 9.17) is 4.98 Å². The Labute approximate surface area is 308 Å². The molecular weight excluding hydrogens is 641 g/mol. The van der Waals surface area contributed by atoms with Crippen molar-refractivity contribution in [1.29, 1.82) is 0 Å². The monoisotopic (exact) mass is 674 g/mol. The topological polar surface area (TPSA) is 17.8 Å². The summed E-state index contributed by atoms with van der Waals surface area (Å²) in [5.74, 6) is 0.937. The van der Waals surface area contributed by atoms with Crippen LogP contribution in [-0.2, 0) is 0 Å². The average Bonchev–Trinajstić information content (AvgIpc) is 3.63. The van der Waals surface area contributed by atoms with Crippen LogP contribution < -0.4 is 0 Å². The Morgan fingerprint density at radius 2 is 0.717 bits per heavy atom. The van der Waals surface area contributed by atoms with Gasteiger partial charge < -0.3 is 0 Å². The zero-order valence-electron chi connectivity index (χ0n) is 29.0. The van der Waals surface area contributed by atoms with Gasteiger partial charge in [-0.3, -0.25) is 4.57 Å². The highest BCUT2D eigenvalue weighted by molar-refractivity contribution is 6.21. The summed E-state index contributed by atoms with van der Waals surface area (Å²) >= 11 is 0. The minimum Gasteiger partial charge on any atom is -0.292 e. The number of imidazole rings is 1. The number of fused-ring (bicyclic) bond motifs is 3. The van der Waals surface area contributed by atoms with E-state index in [1.54, 1.807) is 0 Å². The molecule has 10 rings (SSSR count). The third-order valence-electron chi connectivity index (χ3n) is 10.4. The van der Waals surface area contributed by atoms with Gasteiger partial charge in [0.05, 0.1) is 11.0 Å². The molecule has 0 bridgehead atoms. The first kappa shape index (κ1) is 30.8. The van der Waals surface area contributed by atoms with Gasteiger partial charge in [-0.25, -0.2) is 4.98 Å². The van der Waals surface area contributed by atoms with Crippen LogP contribution in [0.4, 0.5) is 0 Å². The van der Waals surface area contributed by atoms with Crippen molar-refractivity contribution in [2.24, 2.45) is 0 Å². The maximum absolute atomic E-state index is 5.07. The van der Waals surface area contributed by atoms with E-state index in [0.717, 1.165) is 28.1 Å². The second kappa shape index (κ2) is 12.9. The third-order valence-corrected chi connectivity index (χ3v) is 10.4. The molecule has 0 amide bonds. The molecule has 10 aromatic rings. The van der Waals surface area contributed by atoms with Crippen molar-refractivity contribution in [1.82, 2.24) is 9.55 Å². The lowest BCUT2D eigenvalue weighted by Gasteiger charge is -2.19. The number of hydrogen-bond donors (Lipinski definition) is 0. The van der Waals surface area contributed by atoms with Crippen LogP contribution in [0.3, 0.4) is 0 Å². The molecule has 1 aromatic heterocycles. The predicted molar refractivity (Wildman–Crippen MR) is 223 cm³/mol. The molecule has 248 valence electrons. The van der Waals surface area contributed by atoms with Crippen LogP contribution in [0.1, 0.15) is 0 Å². The van der Waals surface area contributed by atoms with E-state index < -0.39 is 0 Å². The largest absolute Gasteiger partial charge is 0.292 e. The Bertz CT molecular complexity index is 2790. The minimum absolute atomic E-state index is 0.937. The highest BCUT2D eigenvalue weighted by Gasteiger charge is 2.19. The molecular formula is C51H34N2. The molecule has 2 nitrogen and oxygen atoms in total. The van der Waals surface area contributed by atoms with E-state index >= 15 is 0 Å². The Kier molecular flexibility index (Phi) is 7.51. The smallest absolute Gasteiger partial charge is 0.145 e. The predicted octanol–water partition coefficient (Wildman–Crippen LogP) is 13.7. The average molecular weight is 675 g/mol. The maximum atomic E-state index is 5.07. The second-order valence-electron chi connectivity index (χ2n) is 13.5. The van der Waals surface area contributed by atoms with Crippen molar-refractivity contribution in [2.45, 2.75) is 0 Å². The van der Waals surface area contributed by atoms with E-state index in [9.17, 15) is 0 Å². The summed E-state index contributed by atoms with van der Waals surface area (Å²) in [6.45, 7) is 0. The summed E-state index contributed by atoms with van der Waals surface area (Å²) < 4.78 is 2.28. The molecule has 0 fully saturated rings. The molecule has 9 aromatic carbocycles. The van der Waals surface area contributed by atoms with Gasteiger partial charge in [-0.1, -0.05) is 164 Å². The molecule has 0 aliphatic heterocycles. The van der Waals surface area contributed by atoms with Crippen LogP contribution in [0.15, 0.2) is 206 Å². The standard InChI is InChI=1S/C51H34N2/c1-4-16-35(17-5-1)39-32-40(36-18-6-2-7-19-36)34-41(33-39)50-45-24-12-10-22-43(45)49(44-23-11-13-25-46(44)50)37-28-30-42(31-29-37)53-48-27-15-14-26-47(48)52-51(53)38-20-8-3-9-21-38/h1-34H. The van der Waals surface area contributed by atoms with Crippen molar-refractivity contribution in [3.8, 4) is 61.6 Å². The fourth-order valence-electron chi connectivity index (χ4n) is 7.96. The van der Waals surface area contributed by atoms with Crippen molar-refractivity contribution >= 4 is 32.6 Å². The van der Waals surface area contributed by atoms with Gasteiger partial charge in [0.15, 0.2) is 0 Å². The zero-order chi connectivity index (χ0) is 35.1. The lowest BCUT2D eigenvalue weighted by molar-refractivity contribution is 1.10. The zero-order valence-corrected chi connectivity index (χ0v) is 29.0. The third kappa shape index (κ3) is 5.40. The van der Waals surface area contributed by atoms with Crippen molar-refractivity contribution in [2.75, 3.05) is 0 Å². The lowest BCUT2D eigenvalue weighted by atomic mass is 9.84. The van der Waals surface area contributed by atoms with E-state index in [2.05, 4.69) is 205 Å². The molecule has 0 atom stereocenters. The number of benzene rings is 9. The Morgan fingerprint density at radius 1 is 0.302 bits per heavy atom. The summed E-state index contributed by atoms with van der Waals surface area (Å²) in [6.07, 6.45) is 0. The normalized spacial score (nSPS) is 11.4. The Hall–Kier alpha value is -7.03. The van der Waals surface area contributed by atoms with E-state index in [0.29, 0.717) is 0 Å². The summed E-state index contributed by atoms with van der Waals surface area (Å²) in [6, 6.07) is 74.1. The molecule has 0 unspecified atom stereocenters. The van der Waals surface area contributed by atoms with Crippen molar-refractivity contribution in [3.05, 3.63) is 206 Å². The first-order valence-corrected chi connectivity index (χ1v) is 18.1. The number of para-hydroxylation sites is 2. The van der Waals surface area contributed by atoms with Crippen molar-refractivity contribution < 1.29 is 0 Å². The first-order valence-electron chi connectivity index (χ1n) is 18.1. The van der Waals surface area contributed by atoms with Gasteiger partial charge in [-0.2, -0.15) is 0 Å². The fraction of sp³-hybridized carbons (Fsp3) is 0. The molecule has 1 heterocycles. The summed E-state index contributed by atoms with van der Waals surface area (Å²) in [7, 11) is 0. The summed E-state index contributed by atoms with van der Waals surface area (Å²) in [5.41, 5.74) is 14.0. The van der Waals surface area contributed by atoms with E-state index in [1.165, 1.54) is 66.1 Å². The van der Waals surface area contributed by atoms with Gasteiger partial charge in [0.2, 0.25) is 0 Å². The van der Waals surface area contributed by atoms with Gasteiger partial charge in [-0.15, -0.1) is 0 Å². The number of hydrogen-bond acceptors (Lipinski definition) is 1. The Balaban J connectivity index is 1.18. The van der Waals surface area contributed by atoms with Gasteiger partial charge in [0.25, 0.3) is 0 Å². The van der Waals surface area contributed by atoms with Crippen LogP contribution >= 0.6 is 0 Å². The number of aromatic nitrogens is 2. The summed E-state index contributed by atoms with van der Waals surface area (Å²) in [4.78, 5) is 5.07. The molecule has 0 N–H and O–H groups in total. The number of rotatable bonds is 6. The molecule has 0 saturated carbocycles. The molecule has 0 radical (unpaired) electrons. The molecule has 0 spiro atoms. The minimum atomic E-state index is 0.937. The quantitative estimate of drug-likeness (QED) is 0.161. The molecule has 2 heteroatoms. The van der Waals surface area contributed by atoms with Crippen LogP contribution in [-0.4, -0.2) is 9.55 Å². The van der Waals surface area contributed by atoms with E-state index in [-0.39, 0.29) is 0 Å². The van der Waals surface area contributed by atoms with Crippen LogP contribution in [0.5, 0.6) is 0 Å². The van der Waals surface area contributed by atoms with Crippen LogP contribution in [0, 0.1) is 0 Å². The van der Waals surface area contributed by atoms with Crippen LogP contribution in [0.2, 0.25) is 0 Å². The van der Waals surface area contributed by atoms with Crippen LogP contribution in [0.25, 0.3) is 94.2 Å². The Morgan fingerprint density at radius 3 is 1.25 bits per heavy atom. The summed E-state index contributed by atoms with van der Waals surface area (Å²) in [5, 5.41) is 4.94. The van der Waals surface area contributed by atoms with Gasteiger partial charge in [0, 0.05) is 11.3 Å². The second-order valence-corrected chi connectivity index (χ2v) is 13.5. The number of nitrogens with zero attached hydrogens (tertiary/aromatic N) is 2. The molecule has 0 aliphatic carbocycles. The molecule has 0 aliphatic rings. The fourth-order valence-corrected chi connectivity index (χ4v) is 7.96. The highest BCUT2D eigenvalue weighted by Crippen LogP contribution is 2.45. The highest BCUT2D eigenvalue weighted by atomic mass is 15.1. The molecule has 0 saturated heterocycles. The first-order chi connectivity index (χ1) is 26.3. The van der Waals surface area contributed by atoms with Crippen molar-refractivity contribution in [3.63, 3.8) is 0 Å². The van der Waals surface area contributed by atoms with Gasteiger partial charge in [0.1, 0.15) is 5.82 Å². The van der Waals surface area contributed by atoms with Gasteiger partial charge in [-0.05, 0) is 109 Å². The maximum Gasteiger partial charge on any atom is 0.145 e. The SMILES string of the molecule is c1ccc(-c2cc(-c3ccccc3)cc(-c3c4ccccc4c(-c4ccc(-n5c(-c6ccccc6)nc6ccccc65)cc4)c4ccccc34)c2)cc1. The molecule has 53 heavy (non-hydrogen) atoms.